The number of aliphatic hydroxyl groups excluding tert-OH is 1. The Kier molecular flexibility index (Phi) is 4.72. The van der Waals surface area contributed by atoms with Crippen molar-refractivity contribution in [3.05, 3.63) is 36.4 Å². The zero-order chi connectivity index (χ0) is 12.8. The van der Waals surface area contributed by atoms with Gasteiger partial charge in [0.15, 0.2) is 0 Å². The number of nitrogens with zero attached hydrogens (tertiary/aromatic N) is 1. The maximum atomic E-state index is 10.7. The lowest BCUT2D eigenvalue weighted by Crippen LogP contribution is -2.35. The topological polar surface area (TPSA) is 60.8 Å². The van der Waals surface area contributed by atoms with Crippen LogP contribution in [-0.2, 0) is 4.79 Å². The van der Waals surface area contributed by atoms with Gasteiger partial charge in [-0.05, 0) is 24.6 Å². The first-order valence-electron chi connectivity index (χ1n) is 5.40. The second-order valence-electron chi connectivity index (χ2n) is 3.92. The first-order valence-corrected chi connectivity index (χ1v) is 5.40. The molecule has 0 aromatic heterocycles. The highest BCUT2D eigenvalue weighted by atomic mass is 16.4. The number of hydrogen-bond acceptors (Lipinski definition) is 3. The fourth-order valence-corrected chi connectivity index (χ4v) is 1.56. The van der Waals surface area contributed by atoms with Gasteiger partial charge >= 0.3 is 5.97 Å². The second kappa shape index (κ2) is 6.06. The van der Waals surface area contributed by atoms with Crippen LogP contribution in [0.5, 0.6) is 0 Å². The molecule has 0 aliphatic heterocycles. The van der Waals surface area contributed by atoms with Crippen molar-refractivity contribution in [3.8, 4) is 0 Å². The van der Waals surface area contributed by atoms with E-state index in [4.69, 9.17) is 5.11 Å². The molecule has 0 radical (unpaired) electrons. The van der Waals surface area contributed by atoms with E-state index in [0.717, 1.165) is 11.3 Å². The summed E-state index contributed by atoms with van der Waals surface area (Å²) in [6, 6.07) is 7.36. The predicted octanol–water partition coefficient (Wildman–Crippen LogP) is 1.60. The van der Waals surface area contributed by atoms with Gasteiger partial charge < -0.3 is 15.1 Å². The first-order chi connectivity index (χ1) is 8.02. The van der Waals surface area contributed by atoms with Crippen LogP contribution in [0.4, 0.5) is 5.69 Å². The quantitative estimate of drug-likeness (QED) is 0.786. The minimum absolute atomic E-state index is 0.127. The van der Waals surface area contributed by atoms with Crippen molar-refractivity contribution in [2.75, 3.05) is 18.0 Å². The van der Waals surface area contributed by atoms with E-state index in [2.05, 4.69) is 6.58 Å². The molecule has 92 valence electrons. The third-order valence-electron chi connectivity index (χ3n) is 2.30. The molecule has 2 N–H and O–H groups in total. The molecule has 1 aromatic rings. The molecule has 0 spiro atoms. The Labute approximate surface area is 101 Å². The number of aliphatic carboxylic acids is 1. The normalized spacial score (nSPS) is 11.9. The molecule has 0 aliphatic carbocycles. The summed E-state index contributed by atoms with van der Waals surface area (Å²) in [6.45, 7) is 5.45. The van der Waals surface area contributed by atoms with Gasteiger partial charge in [-0.25, -0.2) is 0 Å². The summed E-state index contributed by atoms with van der Waals surface area (Å²) in [4.78, 5) is 12.4. The van der Waals surface area contributed by atoms with Crippen LogP contribution in [-0.4, -0.2) is 35.4 Å². The van der Waals surface area contributed by atoms with Crippen LogP contribution in [0.15, 0.2) is 30.8 Å². The number of carboxylic acids is 1. The van der Waals surface area contributed by atoms with Gasteiger partial charge in [0.25, 0.3) is 0 Å². The number of hydrogen-bond donors (Lipinski definition) is 2. The largest absolute Gasteiger partial charge is 0.480 e. The van der Waals surface area contributed by atoms with Crippen molar-refractivity contribution in [2.45, 2.75) is 13.0 Å². The Hall–Kier alpha value is -1.81. The van der Waals surface area contributed by atoms with Crippen LogP contribution < -0.4 is 4.90 Å². The van der Waals surface area contributed by atoms with Gasteiger partial charge in [0.1, 0.15) is 6.54 Å². The molecule has 0 saturated heterocycles. The molecule has 1 rings (SSSR count). The molecule has 0 bridgehead atoms. The van der Waals surface area contributed by atoms with Gasteiger partial charge in [-0.2, -0.15) is 0 Å². The molecule has 0 heterocycles. The lowest BCUT2D eigenvalue weighted by Gasteiger charge is -2.24. The Morgan fingerprint density at radius 3 is 2.47 bits per heavy atom. The molecule has 1 unspecified atom stereocenters. The SMILES string of the molecule is C=Cc1ccc(N(CC(=O)O)CC(C)O)cc1. The van der Waals surface area contributed by atoms with Crippen molar-refractivity contribution < 1.29 is 15.0 Å². The fourth-order valence-electron chi connectivity index (χ4n) is 1.56. The van der Waals surface area contributed by atoms with E-state index in [9.17, 15) is 9.90 Å². The highest BCUT2D eigenvalue weighted by Crippen LogP contribution is 2.16. The number of anilines is 1. The van der Waals surface area contributed by atoms with E-state index < -0.39 is 12.1 Å². The van der Waals surface area contributed by atoms with Crippen LogP contribution in [0.1, 0.15) is 12.5 Å². The third kappa shape index (κ3) is 4.28. The molecular weight excluding hydrogens is 218 g/mol. The van der Waals surface area contributed by atoms with Gasteiger partial charge in [-0.15, -0.1) is 0 Å². The maximum Gasteiger partial charge on any atom is 0.323 e. The van der Waals surface area contributed by atoms with Crippen molar-refractivity contribution in [2.24, 2.45) is 0 Å². The minimum Gasteiger partial charge on any atom is -0.480 e. The van der Waals surface area contributed by atoms with E-state index in [1.165, 1.54) is 0 Å². The Balaban J connectivity index is 2.86. The van der Waals surface area contributed by atoms with Crippen LogP contribution >= 0.6 is 0 Å². The molecule has 17 heavy (non-hydrogen) atoms. The Morgan fingerprint density at radius 2 is 2.06 bits per heavy atom. The van der Waals surface area contributed by atoms with E-state index in [0.29, 0.717) is 6.54 Å². The predicted molar refractivity (Wildman–Crippen MR) is 68.1 cm³/mol. The number of rotatable bonds is 6. The van der Waals surface area contributed by atoms with E-state index >= 15 is 0 Å². The van der Waals surface area contributed by atoms with E-state index in [1.807, 2.05) is 24.3 Å². The summed E-state index contributed by atoms with van der Waals surface area (Å²) in [5.41, 5.74) is 1.75. The summed E-state index contributed by atoms with van der Waals surface area (Å²) < 4.78 is 0. The van der Waals surface area contributed by atoms with Gasteiger partial charge in [0.2, 0.25) is 0 Å². The van der Waals surface area contributed by atoms with Crippen LogP contribution in [0.2, 0.25) is 0 Å². The van der Waals surface area contributed by atoms with Gasteiger partial charge in [-0.1, -0.05) is 24.8 Å². The summed E-state index contributed by atoms with van der Waals surface area (Å²) in [5, 5.41) is 18.2. The summed E-state index contributed by atoms with van der Waals surface area (Å²) in [5.74, 6) is -0.918. The van der Waals surface area contributed by atoms with Crippen molar-refractivity contribution in [1.82, 2.24) is 0 Å². The average molecular weight is 235 g/mol. The number of carbonyl (C=O) groups is 1. The third-order valence-corrected chi connectivity index (χ3v) is 2.30. The zero-order valence-electron chi connectivity index (χ0n) is 9.84. The second-order valence-corrected chi connectivity index (χ2v) is 3.92. The highest BCUT2D eigenvalue weighted by Gasteiger charge is 2.12. The molecule has 0 aliphatic rings. The number of carboxylic acid groups (broad SMARTS) is 1. The number of benzene rings is 1. The van der Waals surface area contributed by atoms with Crippen molar-refractivity contribution >= 4 is 17.7 Å². The van der Waals surface area contributed by atoms with Crippen molar-refractivity contribution in [1.29, 1.82) is 0 Å². The van der Waals surface area contributed by atoms with Crippen LogP contribution in [0, 0.1) is 0 Å². The summed E-state index contributed by atoms with van der Waals surface area (Å²) in [6.07, 6.45) is 1.15. The highest BCUT2D eigenvalue weighted by molar-refractivity contribution is 5.74. The molecule has 0 saturated carbocycles. The molecule has 4 nitrogen and oxygen atoms in total. The van der Waals surface area contributed by atoms with E-state index in [-0.39, 0.29) is 6.54 Å². The monoisotopic (exact) mass is 235 g/mol. The Bertz CT molecular complexity index is 384. The summed E-state index contributed by atoms with van der Waals surface area (Å²) in [7, 11) is 0. The van der Waals surface area contributed by atoms with Crippen molar-refractivity contribution in [3.63, 3.8) is 0 Å². The molecular formula is C13H17NO3. The van der Waals surface area contributed by atoms with Gasteiger partial charge in [0, 0.05) is 12.2 Å². The smallest absolute Gasteiger partial charge is 0.323 e. The maximum absolute atomic E-state index is 10.7. The number of aliphatic hydroxyl groups is 1. The van der Waals surface area contributed by atoms with Gasteiger partial charge in [0.05, 0.1) is 6.10 Å². The van der Waals surface area contributed by atoms with Crippen LogP contribution in [0.25, 0.3) is 6.08 Å². The van der Waals surface area contributed by atoms with E-state index in [1.54, 1.807) is 17.9 Å². The lowest BCUT2D eigenvalue weighted by molar-refractivity contribution is -0.135. The minimum atomic E-state index is -0.918. The zero-order valence-corrected chi connectivity index (χ0v) is 9.84. The molecule has 4 heteroatoms. The average Bonchev–Trinajstić information content (AvgIpc) is 2.27. The standard InChI is InChI=1S/C13H17NO3/c1-3-11-4-6-12(7-5-11)14(8-10(2)15)9-13(16)17/h3-7,10,15H,1,8-9H2,2H3,(H,16,17). The summed E-state index contributed by atoms with van der Waals surface area (Å²) >= 11 is 0. The molecule has 0 amide bonds. The lowest BCUT2D eigenvalue weighted by atomic mass is 10.2. The van der Waals surface area contributed by atoms with Gasteiger partial charge in [-0.3, -0.25) is 4.79 Å². The molecule has 0 fully saturated rings. The molecule has 1 atom stereocenters. The molecule has 1 aromatic carbocycles. The fraction of sp³-hybridized carbons (Fsp3) is 0.308. The first kappa shape index (κ1) is 13.3. The van der Waals surface area contributed by atoms with Crippen LogP contribution in [0.3, 0.4) is 0 Å². The Morgan fingerprint density at radius 1 is 1.47 bits per heavy atom.